The zero-order valence-electron chi connectivity index (χ0n) is 12.6. The molecule has 0 unspecified atom stereocenters. The first-order chi connectivity index (χ1) is 10.4. The third-order valence-corrected chi connectivity index (χ3v) is 3.20. The van der Waals surface area contributed by atoms with Crippen LogP contribution in [0, 0.1) is 10.1 Å². The van der Waals surface area contributed by atoms with Crippen LogP contribution in [0.15, 0.2) is 36.8 Å². The van der Waals surface area contributed by atoms with Crippen LogP contribution in [0.1, 0.15) is 42.9 Å². The van der Waals surface area contributed by atoms with Crippen LogP contribution in [0.2, 0.25) is 0 Å². The van der Waals surface area contributed by atoms with E-state index in [0.717, 1.165) is 0 Å². The van der Waals surface area contributed by atoms with Gasteiger partial charge >= 0.3 is 5.97 Å². The molecule has 1 aromatic carbocycles. The SMILES string of the molecule is CC(C)OC(=O)c1cncn1[C@H](C)c1cccc([N+](=O)[O-])c1. The van der Waals surface area contributed by atoms with E-state index >= 15 is 0 Å². The lowest BCUT2D eigenvalue weighted by molar-refractivity contribution is -0.384. The van der Waals surface area contributed by atoms with Crippen LogP contribution in [-0.4, -0.2) is 26.5 Å². The van der Waals surface area contributed by atoms with Gasteiger partial charge in [0.1, 0.15) is 5.69 Å². The Morgan fingerprint density at radius 3 is 2.73 bits per heavy atom. The van der Waals surface area contributed by atoms with Crippen molar-refractivity contribution in [2.75, 3.05) is 0 Å². The van der Waals surface area contributed by atoms with Crippen LogP contribution in [0.3, 0.4) is 0 Å². The van der Waals surface area contributed by atoms with Crippen molar-refractivity contribution in [3.05, 3.63) is 58.2 Å². The maximum Gasteiger partial charge on any atom is 0.356 e. The summed E-state index contributed by atoms with van der Waals surface area (Å²) in [6, 6.07) is 6.03. The minimum absolute atomic E-state index is 0.00997. The van der Waals surface area contributed by atoms with Gasteiger partial charge in [-0.1, -0.05) is 12.1 Å². The minimum atomic E-state index is -0.468. The van der Waals surface area contributed by atoms with Crippen molar-refractivity contribution in [1.82, 2.24) is 9.55 Å². The maximum atomic E-state index is 12.1. The molecule has 22 heavy (non-hydrogen) atoms. The van der Waals surface area contributed by atoms with Crippen LogP contribution >= 0.6 is 0 Å². The zero-order valence-corrected chi connectivity index (χ0v) is 12.6. The van der Waals surface area contributed by atoms with Gasteiger partial charge in [-0.15, -0.1) is 0 Å². The molecule has 116 valence electrons. The predicted octanol–water partition coefficient (Wildman–Crippen LogP) is 2.97. The molecule has 0 saturated carbocycles. The number of carbonyl (C=O) groups excluding carboxylic acids is 1. The van der Waals surface area contributed by atoms with Gasteiger partial charge in [0, 0.05) is 12.1 Å². The van der Waals surface area contributed by atoms with E-state index in [1.165, 1.54) is 24.7 Å². The second kappa shape index (κ2) is 6.38. The van der Waals surface area contributed by atoms with E-state index in [2.05, 4.69) is 4.98 Å². The lowest BCUT2D eigenvalue weighted by Crippen LogP contribution is -2.18. The summed E-state index contributed by atoms with van der Waals surface area (Å²) in [4.78, 5) is 26.5. The molecule has 1 aromatic heterocycles. The summed E-state index contributed by atoms with van der Waals surface area (Å²) in [6.07, 6.45) is 2.71. The molecule has 0 aliphatic carbocycles. The van der Waals surface area contributed by atoms with Gasteiger partial charge in [-0.25, -0.2) is 9.78 Å². The van der Waals surface area contributed by atoms with Gasteiger partial charge in [0.25, 0.3) is 5.69 Å². The highest BCUT2D eigenvalue weighted by atomic mass is 16.6. The Balaban J connectivity index is 2.33. The summed E-state index contributed by atoms with van der Waals surface area (Å²) in [5, 5.41) is 10.9. The van der Waals surface area contributed by atoms with Gasteiger partial charge in [-0.3, -0.25) is 10.1 Å². The number of hydrogen-bond donors (Lipinski definition) is 0. The molecule has 0 amide bonds. The molecule has 2 aromatic rings. The Morgan fingerprint density at radius 1 is 1.36 bits per heavy atom. The van der Waals surface area contributed by atoms with Crippen molar-refractivity contribution < 1.29 is 14.5 Å². The first kappa shape index (κ1) is 15.7. The number of ether oxygens (including phenoxy) is 1. The van der Waals surface area contributed by atoms with Crippen molar-refractivity contribution in [3.63, 3.8) is 0 Å². The Labute approximate surface area is 127 Å². The molecule has 2 rings (SSSR count). The number of carbonyl (C=O) groups is 1. The Morgan fingerprint density at radius 2 is 2.09 bits per heavy atom. The van der Waals surface area contributed by atoms with Crippen molar-refractivity contribution in [1.29, 1.82) is 0 Å². The van der Waals surface area contributed by atoms with Gasteiger partial charge in [-0.2, -0.15) is 0 Å². The van der Waals surface area contributed by atoms with E-state index in [0.29, 0.717) is 11.3 Å². The van der Waals surface area contributed by atoms with Crippen LogP contribution in [0.25, 0.3) is 0 Å². The number of nitrogens with zero attached hydrogens (tertiary/aromatic N) is 3. The van der Waals surface area contributed by atoms with E-state index in [1.807, 2.05) is 6.92 Å². The molecule has 0 bridgehead atoms. The van der Waals surface area contributed by atoms with Gasteiger partial charge in [0.15, 0.2) is 0 Å². The van der Waals surface area contributed by atoms with Crippen LogP contribution < -0.4 is 0 Å². The predicted molar refractivity (Wildman–Crippen MR) is 79.7 cm³/mol. The molecular weight excluding hydrogens is 286 g/mol. The quantitative estimate of drug-likeness (QED) is 0.481. The highest BCUT2D eigenvalue weighted by molar-refractivity contribution is 5.87. The van der Waals surface area contributed by atoms with Gasteiger partial charge < -0.3 is 9.30 Å². The number of imidazole rings is 1. The van der Waals surface area contributed by atoms with Gasteiger partial charge in [0.05, 0.1) is 29.6 Å². The molecule has 0 radical (unpaired) electrons. The van der Waals surface area contributed by atoms with Crippen molar-refractivity contribution in [2.45, 2.75) is 32.9 Å². The zero-order chi connectivity index (χ0) is 16.3. The number of non-ortho nitro benzene ring substituents is 1. The van der Waals surface area contributed by atoms with Crippen LogP contribution in [0.4, 0.5) is 5.69 Å². The summed E-state index contributed by atoms with van der Waals surface area (Å²) in [5.74, 6) is -0.468. The molecule has 0 saturated heterocycles. The number of nitro benzene ring substituents is 1. The van der Waals surface area contributed by atoms with E-state index in [9.17, 15) is 14.9 Å². The molecule has 0 spiro atoms. The number of esters is 1. The summed E-state index contributed by atoms with van der Waals surface area (Å²) >= 11 is 0. The lowest BCUT2D eigenvalue weighted by atomic mass is 10.1. The first-order valence-corrected chi connectivity index (χ1v) is 6.87. The summed E-state index contributed by atoms with van der Waals surface area (Å²) in [5.41, 5.74) is 1.04. The first-order valence-electron chi connectivity index (χ1n) is 6.87. The lowest BCUT2D eigenvalue weighted by Gasteiger charge is -2.17. The fourth-order valence-electron chi connectivity index (χ4n) is 2.10. The average Bonchev–Trinajstić information content (AvgIpc) is 2.95. The smallest absolute Gasteiger partial charge is 0.356 e. The van der Waals surface area contributed by atoms with Gasteiger partial charge in [0.2, 0.25) is 0 Å². The highest BCUT2D eigenvalue weighted by Gasteiger charge is 2.20. The second-order valence-electron chi connectivity index (χ2n) is 5.17. The van der Waals surface area contributed by atoms with Crippen molar-refractivity contribution in [2.24, 2.45) is 0 Å². The van der Waals surface area contributed by atoms with E-state index in [4.69, 9.17) is 4.74 Å². The number of aromatic nitrogens is 2. The van der Waals surface area contributed by atoms with Crippen LogP contribution in [-0.2, 0) is 4.74 Å². The molecule has 7 nitrogen and oxygen atoms in total. The normalized spacial score (nSPS) is 12.2. The topological polar surface area (TPSA) is 87.3 Å². The molecule has 7 heteroatoms. The Kier molecular flexibility index (Phi) is 4.55. The summed E-state index contributed by atoms with van der Waals surface area (Å²) in [7, 11) is 0. The Bertz CT molecular complexity index is 694. The largest absolute Gasteiger partial charge is 0.458 e. The number of hydrogen-bond acceptors (Lipinski definition) is 5. The number of rotatable bonds is 5. The third-order valence-electron chi connectivity index (χ3n) is 3.20. The number of nitro groups is 1. The average molecular weight is 303 g/mol. The van der Waals surface area contributed by atoms with E-state index in [-0.39, 0.29) is 17.8 Å². The Hall–Kier alpha value is -2.70. The molecule has 1 heterocycles. The highest BCUT2D eigenvalue weighted by Crippen LogP contribution is 2.23. The third kappa shape index (κ3) is 3.30. The number of benzene rings is 1. The molecular formula is C15H17N3O4. The monoisotopic (exact) mass is 303 g/mol. The second-order valence-corrected chi connectivity index (χ2v) is 5.17. The molecule has 0 aliphatic heterocycles. The summed E-state index contributed by atoms with van der Waals surface area (Å²) in [6.45, 7) is 5.37. The fraction of sp³-hybridized carbons (Fsp3) is 0.333. The minimum Gasteiger partial charge on any atom is -0.458 e. The fourth-order valence-corrected chi connectivity index (χ4v) is 2.10. The van der Waals surface area contributed by atoms with E-state index in [1.54, 1.807) is 30.5 Å². The van der Waals surface area contributed by atoms with Gasteiger partial charge in [-0.05, 0) is 26.3 Å². The maximum absolute atomic E-state index is 12.1. The summed E-state index contributed by atoms with van der Waals surface area (Å²) < 4.78 is 6.82. The molecule has 0 fully saturated rings. The molecule has 0 aliphatic rings. The van der Waals surface area contributed by atoms with E-state index < -0.39 is 10.9 Å². The van der Waals surface area contributed by atoms with Crippen molar-refractivity contribution >= 4 is 11.7 Å². The molecule has 1 atom stereocenters. The van der Waals surface area contributed by atoms with Crippen molar-refractivity contribution in [3.8, 4) is 0 Å². The van der Waals surface area contributed by atoms with Crippen LogP contribution in [0.5, 0.6) is 0 Å². The molecule has 0 N–H and O–H groups in total. The standard InChI is InChI=1S/C15H17N3O4/c1-10(2)22-15(19)14-8-16-9-17(14)11(3)12-5-4-6-13(7-12)18(20)21/h4-11H,1-3H3/t11-/m1/s1.